The number of fused-ring (bicyclic) bond motifs is 1. The van der Waals surface area contributed by atoms with Crippen molar-refractivity contribution in [2.24, 2.45) is 5.73 Å². The molecule has 1 amide bonds. The van der Waals surface area contributed by atoms with Crippen LogP contribution in [0.3, 0.4) is 0 Å². The van der Waals surface area contributed by atoms with Gasteiger partial charge in [0.2, 0.25) is 5.91 Å². The molecule has 2 aromatic rings. The lowest BCUT2D eigenvalue weighted by atomic mass is 10.1. The van der Waals surface area contributed by atoms with Gasteiger partial charge in [-0.15, -0.1) is 0 Å². The van der Waals surface area contributed by atoms with Gasteiger partial charge >= 0.3 is 0 Å². The molecule has 1 aromatic carbocycles. The van der Waals surface area contributed by atoms with E-state index in [-0.39, 0.29) is 4.83 Å². The van der Waals surface area contributed by atoms with Crippen molar-refractivity contribution in [2.75, 3.05) is 0 Å². The van der Waals surface area contributed by atoms with Gasteiger partial charge in [0, 0.05) is 17.7 Å². The van der Waals surface area contributed by atoms with Crippen LogP contribution in [0.4, 0.5) is 0 Å². The number of carbonyl (C=O) groups excluding carboxylic acids is 1. The summed E-state index contributed by atoms with van der Waals surface area (Å²) in [7, 11) is 0. The Hall–Kier alpha value is -1.75. The van der Waals surface area contributed by atoms with Crippen LogP contribution >= 0.6 is 15.9 Å². The van der Waals surface area contributed by atoms with E-state index in [1.807, 2.05) is 18.2 Å². The zero-order chi connectivity index (χ0) is 12.3. The third kappa shape index (κ3) is 2.88. The van der Waals surface area contributed by atoms with E-state index in [1.165, 1.54) is 12.4 Å². The molecule has 0 saturated carbocycles. The van der Waals surface area contributed by atoms with Crippen molar-refractivity contribution < 1.29 is 4.79 Å². The molecule has 1 unspecified atom stereocenters. The fourth-order valence-electron chi connectivity index (χ4n) is 1.47. The van der Waals surface area contributed by atoms with Crippen molar-refractivity contribution in [3.63, 3.8) is 0 Å². The highest BCUT2D eigenvalue weighted by Gasteiger charge is 2.05. The Morgan fingerprint density at radius 3 is 3.06 bits per heavy atom. The molecule has 0 fully saturated rings. The molecule has 0 radical (unpaired) electrons. The highest BCUT2D eigenvalue weighted by molar-refractivity contribution is 9.09. The Morgan fingerprint density at radius 1 is 1.47 bits per heavy atom. The largest absolute Gasteiger partial charge is 0.366 e. The van der Waals surface area contributed by atoms with E-state index in [0.29, 0.717) is 0 Å². The molecular weight excluding hydrogens is 282 g/mol. The number of alkyl halides is 1. The summed E-state index contributed by atoms with van der Waals surface area (Å²) in [4.78, 5) is 18.7. The molecule has 4 nitrogen and oxygen atoms in total. The van der Waals surface area contributed by atoms with Crippen molar-refractivity contribution in [2.45, 2.75) is 4.83 Å². The lowest BCUT2D eigenvalue weighted by Gasteiger charge is -2.05. The second-order valence-electron chi connectivity index (χ2n) is 3.50. The minimum absolute atomic E-state index is 0.0559. The van der Waals surface area contributed by atoms with Gasteiger partial charge < -0.3 is 5.73 Å². The SMILES string of the molecule is NC(=O)C=CC(Br)c1ccc2ncncc2c1. The average Bonchev–Trinajstić information content (AvgIpc) is 2.35. The summed E-state index contributed by atoms with van der Waals surface area (Å²) >= 11 is 3.46. The number of hydrogen-bond donors (Lipinski definition) is 1. The van der Waals surface area contributed by atoms with Crippen molar-refractivity contribution >= 4 is 32.7 Å². The van der Waals surface area contributed by atoms with Crippen molar-refractivity contribution in [3.8, 4) is 0 Å². The first-order valence-corrected chi connectivity index (χ1v) is 5.90. The number of hydrogen-bond acceptors (Lipinski definition) is 3. The molecule has 2 N–H and O–H groups in total. The van der Waals surface area contributed by atoms with Gasteiger partial charge in [0.1, 0.15) is 6.33 Å². The standard InChI is InChI=1S/C12H10BrN3O/c13-10(2-4-12(14)17)8-1-3-11-9(5-8)6-15-7-16-11/h1-7,10H,(H2,14,17). The number of nitrogens with zero attached hydrogens (tertiary/aromatic N) is 2. The number of halogens is 1. The number of carbonyl (C=O) groups is 1. The number of benzene rings is 1. The van der Waals surface area contributed by atoms with E-state index in [4.69, 9.17) is 5.73 Å². The Balaban J connectivity index is 2.33. The van der Waals surface area contributed by atoms with Crippen LogP contribution in [0.25, 0.3) is 10.9 Å². The zero-order valence-corrected chi connectivity index (χ0v) is 10.5. The maximum Gasteiger partial charge on any atom is 0.241 e. The van der Waals surface area contributed by atoms with Crippen LogP contribution in [0.2, 0.25) is 0 Å². The van der Waals surface area contributed by atoms with Crippen molar-refractivity contribution in [1.82, 2.24) is 9.97 Å². The van der Waals surface area contributed by atoms with E-state index < -0.39 is 5.91 Å². The lowest BCUT2D eigenvalue weighted by Crippen LogP contribution is -2.05. The highest BCUT2D eigenvalue weighted by Crippen LogP contribution is 2.26. The normalized spacial score (nSPS) is 13.0. The first-order valence-electron chi connectivity index (χ1n) is 4.98. The Labute approximate surface area is 107 Å². The maximum atomic E-state index is 10.6. The van der Waals surface area contributed by atoms with E-state index in [1.54, 1.807) is 12.3 Å². The Bertz CT molecular complexity index is 583. The average molecular weight is 292 g/mol. The number of primary amides is 1. The van der Waals surface area contributed by atoms with Gasteiger partial charge in [-0.25, -0.2) is 9.97 Å². The number of nitrogens with two attached hydrogens (primary N) is 1. The molecule has 86 valence electrons. The van der Waals surface area contributed by atoms with Crippen LogP contribution in [-0.2, 0) is 4.79 Å². The molecule has 0 saturated heterocycles. The van der Waals surface area contributed by atoms with Gasteiger partial charge in [-0.1, -0.05) is 28.1 Å². The molecule has 2 rings (SSSR count). The molecule has 0 aliphatic carbocycles. The first-order chi connectivity index (χ1) is 8.16. The van der Waals surface area contributed by atoms with E-state index in [0.717, 1.165) is 16.5 Å². The van der Waals surface area contributed by atoms with Gasteiger partial charge in [0.25, 0.3) is 0 Å². The fraction of sp³-hybridized carbons (Fsp3) is 0.0833. The molecule has 0 spiro atoms. The van der Waals surface area contributed by atoms with Gasteiger partial charge in [0.05, 0.1) is 10.3 Å². The summed E-state index contributed by atoms with van der Waals surface area (Å²) in [6, 6.07) is 5.83. The van der Waals surface area contributed by atoms with Crippen LogP contribution in [0.15, 0.2) is 42.9 Å². The number of aromatic nitrogens is 2. The molecule has 17 heavy (non-hydrogen) atoms. The van der Waals surface area contributed by atoms with E-state index >= 15 is 0 Å². The van der Waals surface area contributed by atoms with E-state index in [2.05, 4.69) is 25.9 Å². The Kier molecular flexibility index (Phi) is 3.49. The summed E-state index contributed by atoms with van der Waals surface area (Å²) in [5, 5.41) is 0.960. The topological polar surface area (TPSA) is 68.9 Å². The Morgan fingerprint density at radius 2 is 2.29 bits per heavy atom. The summed E-state index contributed by atoms with van der Waals surface area (Å²) in [5.41, 5.74) is 6.95. The lowest BCUT2D eigenvalue weighted by molar-refractivity contribution is -0.113. The molecule has 1 heterocycles. The van der Waals surface area contributed by atoms with Crippen molar-refractivity contribution in [3.05, 3.63) is 48.4 Å². The molecule has 0 aliphatic heterocycles. The van der Waals surface area contributed by atoms with Crippen molar-refractivity contribution in [1.29, 1.82) is 0 Å². The van der Waals surface area contributed by atoms with E-state index in [9.17, 15) is 4.79 Å². The first kappa shape index (κ1) is 11.7. The number of allylic oxidation sites excluding steroid dienone is 1. The van der Waals surface area contributed by atoms with Gasteiger partial charge in [-0.3, -0.25) is 4.79 Å². The minimum Gasteiger partial charge on any atom is -0.366 e. The van der Waals surface area contributed by atoms with Crippen LogP contribution in [0.5, 0.6) is 0 Å². The number of amides is 1. The third-order valence-corrected chi connectivity index (χ3v) is 3.11. The monoisotopic (exact) mass is 291 g/mol. The minimum atomic E-state index is -0.460. The molecule has 5 heteroatoms. The van der Waals surface area contributed by atoms with Gasteiger partial charge in [-0.2, -0.15) is 0 Å². The predicted molar refractivity (Wildman–Crippen MR) is 69.5 cm³/mol. The summed E-state index contributed by atoms with van der Waals surface area (Å²) < 4.78 is 0. The molecule has 0 aliphatic rings. The molecule has 1 aromatic heterocycles. The number of rotatable bonds is 3. The zero-order valence-electron chi connectivity index (χ0n) is 8.88. The maximum absolute atomic E-state index is 10.6. The van der Waals surface area contributed by atoms with Gasteiger partial charge in [-0.05, 0) is 17.7 Å². The summed E-state index contributed by atoms with van der Waals surface area (Å²) in [6.07, 6.45) is 6.31. The quantitative estimate of drug-likeness (QED) is 0.696. The molecule has 1 atom stereocenters. The highest BCUT2D eigenvalue weighted by atomic mass is 79.9. The van der Waals surface area contributed by atoms with Crippen LogP contribution in [0, 0.1) is 0 Å². The second kappa shape index (κ2) is 5.05. The predicted octanol–water partition coefficient (Wildman–Crippen LogP) is 2.11. The third-order valence-electron chi connectivity index (χ3n) is 2.28. The summed E-state index contributed by atoms with van der Waals surface area (Å²) in [6.45, 7) is 0. The van der Waals surface area contributed by atoms with Crippen LogP contribution in [0.1, 0.15) is 10.4 Å². The fourth-order valence-corrected chi connectivity index (χ4v) is 1.90. The van der Waals surface area contributed by atoms with Crippen LogP contribution in [-0.4, -0.2) is 15.9 Å². The second-order valence-corrected chi connectivity index (χ2v) is 4.49. The van der Waals surface area contributed by atoms with Crippen LogP contribution < -0.4 is 5.73 Å². The molecular formula is C12H10BrN3O. The van der Waals surface area contributed by atoms with Gasteiger partial charge in [0.15, 0.2) is 0 Å². The summed E-state index contributed by atoms with van der Waals surface area (Å²) in [5.74, 6) is -0.460. The smallest absolute Gasteiger partial charge is 0.241 e. The molecule has 0 bridgehead atoms.